The fraction of sp³-hybridized carbons (Fsp3) is 0.125. The molecule has 0 unspecified atom stereocenters. The summed E-state index contributed by atoms with van der Waals surface area (Å²) in [5, 5.41) is 12.3. The fourth-order valence-electron chi connectivity index (χ4n) is 1.84. The number of aliphatic hydroxyl groups excluding tert-OH is 1. The first-order chi connectivity index (χ1) is 8.69. The smallest absolute Gasteiger partial charge is 0.0682 e. The van der Waals surface area contributed by atoms with Gasteiger partial charge in [0.15, 0.2) is 0 Å². The molecule has 92 valence electrons. The fourth-order valence-corrected chi connectivity index (χ4v) is 1.84. The van der Waals surface area contributed by atoms with Gasteiger partial charge in [-0.1, -0.05) is 36.9 Å². The van der Waals surface area contributed by atoms with Crippen molar-refractivity contribution < 1.29 is 5.11 Å². The van der Waals surface area contributed by atoms with Gasteiger partial charge in [0.2, 0.25) is 0 Å². The first-order valence-corrected chi connectivity index (χ1v) is 5.92. The van der Waals surface area contributed by atoms with E-state index in [1.54, 1.807) is 0 Å². The van der Waals surface area contributed by atoms with E-state index in [2.05, 4.69) is 24.0 Å². The zero-order chi connectivity index (χ0) is 13.0. The van der Waals surface area contributed by atoms with Gasteiger partial charge in [0.05, 0.1) is 6.61 Å². The van der Waals surface area contributed by atoms with Crippen molar-refractivity contribution in [3.8, 4) is 11.1 Å². The summed E-state index contributed by atoms with van der Waals surface area (Å²) >= 11 is 0. The Morgan fingerprint density at radius 1 is 1.11 bits per heavy atom. The number of hydrogen-bond acceptors (Lipinski definition) is 2. The molecule has 0 spiro atoms. The van der Waals surface area contributed by atoms with Gasteiger partial charge < -0.3 is 10.4 Å². The molecule has 0 aliphatic carbocycles. The van der Waals surface area contributed by atoms with Gasteiger partial charge in [-0.25, -0.2) is 0 Å². The zero-order valence-corrected chi connectivity index (χ0v) is 10.5. The van der Waals surface area contributed by atoms with E-state index in [-0.39, 0.29) is 6.61 Å². The summed E-state index contributed by atoms with van der Waals surface area (Å²) in [5.74, 6) is 0. The summed E-state index contributed by atoms with van der Waals surface area (Å²) in [6.45, 7) is 5.82. The molecule has 0 aliphatic rings. The third-order valence-electron chi connectivity index (χ3n) is 2.69. The molecule has 0 saturated carbocycles. The van der Waals surface area contributed by atoms with Crippen molar-refractivity contribution in [3.63, 3.8) is 0 Å². The van der Waals surface area contributed by atoms with Crippen molar-refractivity contribution in [2.45, 2.75) is 13.5 Å². The van der Waals surface area contributed by atoms with Crippen molar-refractivity contribution in [3.05, 3.63) is 66.4 Å². The molecule has 0 saturated heterocycles. The first-order valence-electron chi connectivity index (χ1n) is 5.92. The molecule has 2 heteroatoms. The average molecular weight is 239 g/mol. The van der Waals surface area contributed by atoms with Crippen LogP contribution in [0.15, 0.2) is 60.8 Å². The molecule has 0 aliphatic heterocycles. The van der Waals surface area contributed by atoms with E-state index in [1.807, 2.05) is 43.3 Å². The molecular weight excluding hydrogens is 222 g/mol. The van der Waals surface area contributed by atoms with Gasteiger partial charge in [0, 0.05) is 11.4 Å². The summed E-state index contributed by atoms with van der Waals surface area (Å²) in [7, 11) is 0. The van der Waals surface area contributed by atoms with Gasteiger partial charge in [-0.05, 0) is 41.8 Å². The van der Waals surface area contributed by atoms with Gasteiger partial charge in [-0.15, -0.1) is 0 Å². The number of allylic oxidation sites excluding steroid dienone is 1. The van der Waals surface area contributed by atoms with Crippen LogP contribution in [0.3, 0.4) is 0 Å². The SMILES string of the molecule is C=C(C)Nc1ccc(-c2cccc(CO)c2)cc1. The summed E-state index contributed by atoms with van der Waals surface area (Å²) in [5.41, 5.74) is 5.13. The Bertz CT molecular complexity index is 543. The van der Waals surface area contributed by atoms with Crippen molar-refractivity contribution >= 4 is 5.69 Å². The summed E-state index contributed by atoms with van der Waals surface area (Å²) in [4.78, 5) is 0. The van der Waals surface area contributed by atoms with Gasteiger partial charge >= 0.3 is 0 Å². The first kappa shape index (κ1) is 12.4. The second-order valence-electron chi connectivity index (χ2n) is 4.34. The molecule has 2 aromatic rings. The van der Waals surface area contributed by atoms with Crippen LogP contribution in [-0.2, 0) is 6.61 Å². The molecule has 2 nitrogen and oxygen atoms in total. The monoisotopic (exact) mass is 239 g/mol. The maximum absolute atomic E-state index is 9.13. The molecule has 2 rings (SSSR count). The molecule has 0 atom stereocenters. The number of benzene rings is 2. The second-order valence-corrected chi connectivity index (χ2v) is 4.34. The number of hydrogen-bond donors (Lipinski definition) is 2. The molecule has 18 heavy (non-hydrogen) atoms. The molecule has 0 heterocycles. The highest BCUT2D eigenvalue weighted by Gasteiger charge is 1.99. The minimum Gasteiger partial charge on any atom is -0.392 e. The minimum atomic E-state index is 0.0726. The van der Waals surface area contributed by atoms with Crippen molar-refractivity contribution in [1.82, 2.24) is 0 Å². The van der Waals surface area contributed by atoms with Crippen LogP contribution in [0, 0.1) is 0 Å². The van der Waals surface area contributed by atoms with E-state index >= 15 is 0 Å². The van der Waals surface area contributed by atoms with Crippen LogP contribution in [0.4, 0.5) is 5.69 Å². The van der Waals surface area contributed by atoms with Crippen LogP contribution >= 0.6 is 0 Å². The van der Waals surface area contributed by atoms with Crippen LogP contribution in [0.25, 0.3) is 11.1 Å². The van der Waals surface area contributed by atoms with Gasteiger partial charge in [-0.3, -0.25) is 0 Å². The standard InChI is InChI=1S/C16H17NO/c1-12(2)17-16-8-6-14(7-9-16)15-5-3-4-13(10-15)11-18/h3-10,17-18H,1,11H2,2H3. The Kier molecular flexibility index (Phi) is 3.80. The van der Waals surface area contributed by atoms with Crippen LogP contribution in [0.2, 0.25) is 0 Å². The van der Waals surface area contributed by atoms with E-state index < -0.39 is 0 Å². The highest BCUT2D eigenvalue weighted by molar-refractivity contribution is 5.67. The van der Waals surface area contributed by atoms with Gasteiger partial charge in [0.1, 0.15) is 0 Å². The number of nitrogens with one attached hydrogen (secondary N) is 1. The van der Waals surface area contributed by atoms with E-state index in [4.69, 9.17) is 5.11 Å². The lowest BCUT2D eigenvalue weighted by Gasteiger charge is -2.07. The van der Waals surface area contributed by atoms with E-state index in [0.29, 0.717) is 0 Å². The Hall–Kier alpha value is -2.06. The highest BCUT2D eigenvalue weighted by Crippen LogP contribution is 2.22. The molecule has 0 amide bonds. The quantitative estimate of drug-likeness (QED) is 0.850. The average Bonchev–Trinajstić information content (AvgIpc) is 2.39. The molecule has 2 aromatic carbocycles. The molecule has 0 bridgehead atoms. The van der Waals surface area contributed by atoms with E-state index in [1.165, 1.54) is 0 Å². The lowest BCUT2D eigenvalue weighted by molar-refractivity contribution is 0.282. The predicted molar refractivity (Wildman–Crippen MR) is 76.2 cm³/mol. The summed E-state index contributed by atoms with van der Waals surface area (Å²) in [6.07, 6.45) is 0. The number of rotatable bonds is 4. The van der Waals surface area contributed by atoms with Crippen LogP contribution in [0.5, 0.6) is 0 Å². The van der Waals surface area contributed by atoms with Crippen molar-refractivity contribution in [1.29, 1.82) is 0 Å². The maximum Gasteiger partial charge on any atom is 0.0682 e. The van der Waals surface area contributed by atoms with Gasteiger partial charge in [-0.2, -0.15) is 0 Å². The molecular formula is C16H17NO. The van der Waals surface area contributed by atoms with Crippen LogP contribution in [0.1, 0.15) is 12.5 Å². The highest BCUT2D eigenvalue weighted by atomic mass is 16.3. The van der Waals surface area contributed by atoms with Crippen molar-refractivity contribution in [2.24, 2.45) is 0 Å². The summed E-state index contributed by atoms with van der Waals surface area (Å²) in [6, 6.07) is 16.1. The topological polar surface area (TPSA) is 32.3 Å². The lowest BCUT2D eigenvalue weighted by Crippen LogP contribution is -1.92. The maximum atomic E-state index is 9.13. The Labute approximate surface area is 108 Å². The Morgan fingerprint density at radius 3 is 2.44 bits per heavy atom. The Balaban J connectivity index is 2.25. The Morgan fingerprint density at radius 2 is 1.83 bits per heavy atom. The van der Waals surface area contributed by atoms with Gasteiger partial charge in [0.25, 0.3) is 0 Å². The summed E-state index contributed by atoms with van der Waals surface area (Å²) < 4.78 is 0. The van der Waals surface area contributed by atoms with E-state index in [0.717, 1.165) is 28.1 Å². The largest absolute Gasteiger partial charge is 0.392 e. The third-order valence-corrected chi connectivity index (χ3v) is 2.69. The minimum absolute atomic E-state index is 0.0726. The number of anilines is 1. The van der Waals surface area contributed by atoms with Crippen molar-refractivity contribution in [2.75, 3.05) is 5.32 Å². The molecule has 0 radical (unpaired) electrons. The van der Waals surface area contributed by atoms with Crippen LogP contribution in [-0.4, -0.2) is 5.11 Å². The molecule has 0 fully saturated rings. The molecule has 0 aromatic heterocycles. The van der Waals surface area contributed by atoms with E-state index in [9.17, 15) is 0 Å². The zero-order valence-electron chi connectivity index (χ0n) is 10.5. The molecule has 2 N–H and O–H groups in total. The van der Waals surface area contributed by atoms with Crippen LogP contribution < -0.4 is 5.32 Å². The number of aliphatic hydroxyl groups is 1. The third kappa shape index (κ3) is 2.99. The lowest BCUT2D eigenvalue weighted by atomic mass is 10.0. The second kappa shape index (κ2) is 5.52. The predicted octanol–water partition coefficient (Wildman–Crippen LogP) is 3.79. The normalized spacial score (nSPS) is 10.1.